The van der Waals surface area contributed by atoms with Crippen molar-refractivity contribution in [2.45, 2.75) is 51.7 Å². The molecule has 0 spiro atoms. The summed E-state index contributed by atoms with van der Waals surface area (Å²) in [6.45, 7) is 8.93. The van der Waals surface area contributed by atoms with Gasteiger partial charge in [0, 0.05) is 36.4 Å². The van der Waals surface area contributed by atoms with Crippen LogP contribution in [-0.2, 0) is 6.54 Å². The third-order valence-electron chi connectivity index (χ3n) is 3.51. The summed E-state index contributed by atoms with van der Waals surface area (Å²) in [6, 6.07) is 4.82. The molecule has 112 valence electrons. The lowest BCUT2D eigenvalue weighted by Gasteiger charge is -2.21. The van der Waals surface area contributed by atoms with Crippen molar-refractivity contribution in [2.75, 3.05) is 20.2 Å². The van der Waals surface area contributed by atoms with Crippen LogP contribution in [0.5, 0.6) is 5.88 Å². The second-order valence-corrected chi connectivity index (χ2v) is 6.63. The average molecular weight is 277 g/mol. The van der Waals surface area contributed by atoms with Crippen LogP contribution in [0.2, 0.25) is 0 Å². The average Bonchev–Trinajstić information content (AvgIpc) is 3.21. The number of likely N-dealkylation sites (N-methyl/N-ethyl adjacent to an activating group) is 1. The Balaban J connectivity index is 1.83. The molecule has 0 bridgehead atoms. The van der Waals surface area contributed by atoms with Crippen molar-refractivity contribution >= 4 is 0 Å². The molecule has 4 heteroatoms. The summed E-state index contributed by atoms with van der Waals surface area (Å²) in [5.74, 6) is 0.758. The molecule has 0 unspecified atom stereocenters. The monoisotopic (exact) mass is 277 g/mol. The fraction of sp³-hybridized carbons (Fsp3) is 0.688. The van der Waals surface area contributed by atoms with E-state index >= 15 is 0 Å². The van der Waals surface area contributed by atoms with E-state index in [-0.39, 0.29) is 5.54 Å². The molecule has 1 heterocycles. The Morgan fingerprint density at radius 2 is 2.15 bits per heavy atom. The first kappa shape index (κ1) is 15.3. The lowest BCUT2D eigenvalue weighted by Crippen LogP contribution is -2.35. The van der Waals surface area contributed by atoms with Crippen LogP contribution in [0, 0.1) is 0 Å². The van der Waals surface area contributed by atoms with E-state index in [2.05, 4.69) is 49.1 Å². The maximum absolute atomic E-state index is 5.86. The predicted octanol–water partition coefficient (Wildman–Crippen LogP) is 2.44. The van der Waals surface area contributed by atoms with Crippen molar-refractivity contribution in [1.82, 2.24) is 15.2 Å². The van der Waals surface area contributed by atoms with Crippen LogP contribution < -0.4 is 10.1 Å². The predicted molar refractivity (Wildman–Crippen MR) is 82.0 cm³/mol. The van der Waals surface area contributed by atoms with Crippen LogP contribution in [-0.4, -0.2) is 41.7 Å². The van der Waals surface area contributed by atoms with Crippen LogP contribution in [0.1, 0.15) is 39.2 Å². The first-order chi connectivity index (χ1) is 9.46. The lowest BCUT2D eigenvalue weighted by molar-refractivity contribution is 0.224. The molecule has 0 atom stereocenters. The number of nitrogens with zero attached hydrogens (tertiary/aromatic N) is 2. The van der Waals surface area contributed by atoms with E-state index < -0.39 is 0 Å². The number of pyridine rings is 1. The van der Waals surface area contributed by atoms with Gasteiger partial charge in [0.25, 0.3) is 0 Å². The van der Waals surface area contributed by atoms with Crippen LogP contribution in [0.4, 0.5) is 0 Å². The number of hydrogen-bond donors (Lipinski definition) is 1. The van der Waals surface area contributed by atoms with Gasteiger partial charge in [0.05, 0.1) is 0 Å². The molecule has 0 saturated heterocycles. The molecule has 1 fully saturated rings. The Bertz CT molecular complexity index is 424. The van der Waals surface area contributed by atoms with Crippen molar-refractivity contribution < 1.29 is 4.74 Å². The van der Waals surface area contributed by atoms with E-state index in [0.29, 0.717) is 6.61 Å². The molecule has 1 aromatic heterocycles. The SMILES string of the molecule is CN(CCOc1ncccc1CNC(C)(C)C)C1CC1. The van der Waals surface area contributed by atoms with Gasteiger partial charge in [-0.05, 0) is 46.7 Å². The quantitative estimate of drug-likeness (QED) is 0.830. The van der Waals surface area contributed by atoms with Crippen molar-refractivity contribution in [3.05, 3.63) is 23.9 Å². The van der Waals surface area contributed by atoms with Crippen LogP contribution in [0.3, 0.4) is 0 Å². The van der Waals surface area contributed by atoms with Gasteiger partial charge in [-0.15, -0.1) is 0 Å². The zero-order valence-electron chi connectivity index (χ0n) is 13.1. The summed E-state index contributed by atoms with van der Waals surface area (Å²) in [4.78, 5) is 6.73. The van der Waals surface area contributed by atoms with E-state index in [1.807, 2.05) is 6.07 Å². The number of aromatic nitrogens is 1. The number of hydrogen-bond acceptors (Lipinski definition) is 4. The molecule has 1 saturated carbocycles. The van der Waals surface area contributed by atoms with E-state index in [0.717, 1.165) is 30.6 Å². The molecule has 0 radical (unpaired) electrons. The zero-order chi connectivity index (χ0) is 14.6. The van der Waals surface area contributed by atoms with Gasteiger partial charge in [0.1, 0.15) is 6.61 Å². The van der Waals surface area contributed by atoms with Crippen molar-refractivity contribution in [3.8, 4) is 5.88 Å². The Hall–Kier alpha value is -1.13. The normalized spacial score (nSPS) is 15.7. The first-order valence-electron chi connectivity index (χ1n) is 7.48. The molecule has 20 heavy (non-hydrogen) atoms. The second kappa shape index (κ2) is 6.55. The highest BCUT2D eigenvalue weighted by Gasteiger charge is 2.25. The summed E-state index contributed by atoms with van der Waals surface area (Å²) in [5, 5.41) is 3.48. The second-order valence-electron chi connectivity index (χ2n) is 6.63. The number of rotatable bonds is 7. The minimum absolute atomic E-state index is 0.0965. The van der Waals surface area contributed by atoms with Crippen molar-refractivity contribution in [2.24, 2.45) is 0 Å². The molecule has 1 aromatic rings. The Labute approximate surface area is 122 Å². The minimum atomic E-state index is 0.0965. The molecule has 1 N–H and O–H groups in total. The zero-order valence-corrected chi connectivity index (χ0v) is 13.1. The largest absolute Gasteiger partial charge is 0.476 e. The van der Waals surface area contributed by atoms with E-state index in [4.69, 9.17) is 4.74 Å². The molecular weight excluding hydrogens is 250 g/mol. The summed E-state index contributed by atoms with van der Waals surface area (Å²) in [6.07, 6.45) is 4.46. The topological polar surface area (TPSA) is 37.4 Å². The van der Waals surface area contributed by atoms with Gasteiger partial charge in [0.15, 0.2) is 0 Å². The smallest absolute Gasteiger partial charge is 0.217 e. The van der Waals surface area contributed by atoms with E-state index in [1.54, 1.807) is 6.20 Å². The molecule has 0 aromatic carbocycles. The standard InChI is InChI=1S/C16H27N3O/c1-16(2,3)18-12-13-6-5-9-17-15(13)20-11-10-19(4)14-7-8-14/h5-6,9,14,18H,7-8,10-12H2,1-4H3. The molecule has 0 amide bonds. The van der Waals surface area contributed by atoms with E-state index in [1.165, 1.54) is 12.8 Å². The number of nitrogens with one attached hydrogen (secondary N) is 1. The van der Waals surface area contributed by atoms with Crippen molar-refractivity contribution in [1.29, 1.82) is 0 Å². The number of ether oxygens (including phenoxy) is 1. The molecular formula is C16H27N3O. The van der Waals surface area contributed by atoms with Crippen LogP contribution in [0.15, 0.2) is 18.3 Å². The fourth-order valence-corrected chi connectivity index (χ4v) is 2.03. The van der Waals surface area contributed by atoms with Gasteiger partial charge in [-0.2, -0.15) is 0 Å². The summed E-state index contributed by atoms with van der Waals surface area (Å²) in [5.41, 5.74) is 1.22. The highest BCUT2D eigenvalue weighted by Crippen LogP contribution is 2.25. The fourth-order valence-electron chi connectivity index (χ4n) is 2.03. The van der Waals surface area contributed by atoms with Crippen LogP contribution in [0.25, 0.3) is 0 Å². The summed E-state index contributed by atoms with van der Waals surface area (Å²) < 4.78 is 5.86. The van der Waals surface area contributed by atoms with Gasteiger partial charge in [-0.3, -0.25) is 0 Å². The molecule has 1 aliphatic rings. The summed E-state index contributed by atoms with van der Waals surface area (Å²) >= 11 is 0. The highest BCUT2D eigenvalue weighted by molar-refractivity contribution is 5.25. The third-order valence-corrected chi connectivity index (χ3v) is 3.51. The highest BCUT2D eigenvalue weighted by atomic mass is 16.5. The lowest BCUT2D eigenvalue weighted by atomic mass is 10.1. The van der Waals surface area contributed by atoms with Gasteiger partial charge in [-0.1, -0.05) is 6.07 Å². The summed E-state index contributed by atoms with van der Waals surface area (Å²) in [7, 11) is 2.17. The maximum Gasteiger partial charge on any atom is 0.217 e. The van der Waals surface area contributed by atoms with Gasteiger partial charge in [0.2, 0.25) is 5.88 Å². The van der Waals surface area contributed by atoms with Gasteiger partial charge in [-0.25, -0.2) is 4.98 Å². The van der Waals surface area contributed by atoms with Crippen LogP contribution >= 0.6 is 0 Å². The van der Waals surface area contributed by atoms with Gasteiger partial charge < -0.3 is 15.0 Å². The molecule has 1 aliphatic carbocycles. The Kier molecular flexibility index (Phi) is 5.00. The van der Waals surface area contributed by atoms with Crippen molar-refractivity contribution in [3.63, 3.8) is 0 Å². The Morgan fingerprint density at radius 1 is 1.40 bits per heavy atom. The third kappa shape index (κ3) is 5.10. The molecule has 4 nitrogen and oxygen atoms in total. The first-order valence-corrected chi connectivity index (χ1v) is 7.48. The molecule has 0 aliphatic heterocycles. The minimum Gasteiger partial charge on any atom is -0.476 e. The molecule has 2 rings (SSSR count). The van der Waals surface area contributed by atoms with Gasteiger partial charge >= 0.3 is 0 Å². The van der Waals surface area contributed by atoms with E-state index in [9.17, 15) is 0 Å². The Morgan fingerprint density at radius 3 is 2.80 bits per heavy atom. The maximum atomic E-state index is 5.86.